The monoisotopic (exact) mass is 307 g/mol. The van der Waals surface area contributed by atoms with Gasteiger partial charge in [0.1, 0.15) is 0 Å². The second kappa shape index (κ2) is 5.72. The number of nitrogens with one attached hydrogen (secondary N) is 1. The fourth-order valence-corrected chi connectivity index (χ4v) is 3.81. The van der Waals surface area contributed by atoms with E-state index in [1.54, 1.807) is 11.3 Å². The summed E-state index contributed by atoms with van der Waals surface area (Å²) in [4.78, 5) is 5.28. The van der Waals surface area contributed by atoms with E-state index in [1.165, 1.54) is 23.3 Å². The lowest BCUT2D eigenvalue weighted by molar-refractivity contribution is 0.340. The zero-order valence-electron chi connectivity index (χ0n) is 11.2. The Labute approximate surface area is 128 Å². The Kier molecular flexibility index (Phi) is 3.96. The predicted molar refractivity (Wildman–Crippen MR) is 85.0 cm³/mol. The number of nitrogens with two attached hydrogens (primary N) is 1. The van der Waals surface area contributed by atoms with Crippen LogP contribution in [0.3, 0.4) is 0 Å². The average molecular weight is 308 g/mol. The maximum absolute atomic E-state index is 6.15. The molecular formula is C15H18ClN3S. The fraction of sp³-hybridized carbons (Fsp3) is 0.400. The minimum absolute atomic E-state index is 0.0453. The van der Waals surface area contributed by atoms with Gasteiger partial charge in [-0.15, -0.1) is 11.3 Å². The quantitative estimate of drug-likeness (QED) is 0.899. The summed E-state index contributed by atoms with van der Waals surface area (Å²) in [5, 5.41) is 5.16. The molecule has 3 nitrogen and oxygen atoms in total. The number of benzene rings is 1. The number of hydrogen-bond acceptors (Lipinski definition) is 4. The molecule has 1 aliphatic carbocycles. The SMILES string of the molecule is Nc1ncc(CNC2(c3cccc(Cl)c3)CCCC2)s1. The van der Waals surface area contributed by atoms with Crippen molar-refractivity contribution in [2.45, 2.75) is 37.8 Å². The Morgan fingerprint density at radius 2 is 2.15 bits per heavy atom. The van der Waals surface area contributed by atoms with Crippen LogP contribution < -0.4 is 11.1 Å². The van der Waals surface area contributed by atoms with Crippen LogP contribution in [-0.2, 0) is 12.1 Å². The summed E-state index contributed by atoms with van der Waals surface area (Å²) in [7, 11) is 0. The zero-order valence-corrected chi connectivity index (χ0v) is 12.8. The van der Waals surface area contributed by atoms with E-state index in [9.17, 15) is 0 Å². The van der Waals surface area contributed by atoms with Crippen LogP contribution in [0.5, 0.6) is 0 Å². The van der Waals surface area contributed by atoms with Gasteiger partial charge in [0.15, 0.2) is 5.13 Å². The van der Waals surface area contributed by atoms with Gasteiger partial charge in [0, 0.05) is 28.2 Å². The minimum Gasteiger partial charge on any atom is -0.375 e. The molecule has 20 heavy (non-hydrogen) atoms. The third-order valence-electron chi connectivity index (χ3n) is 4.01. The normalized spacial score (nSPS) is 17.4. The first kappa shape index (κ1) is 13.9. The Bertz CT molecular complexity index is 590. The predicted octanol–water partition coefficient (Wildman–Crippen LogP) is 3.94. The highest BCUT2D eigenvalue weighted by molar-refractivity contribution is 7.15. The van der Waals surface area contributed by atoms with Gasteiger partial charge in [-0.2, -0.15) is 0 Å². The number of aromatic nitrogens is 1. The van der Waals surface area contributed by atoms with Crippen LogP contribution in [0.25, 0.3) is 0 Å². The fourth-order valence-electron chi connectivity index (χ4n) is 2.99. The third kappa shape index (κ3) is 2.82. The van der Waals surface area contributed by atoms with Gasteiger partial charge in [-0.05, 0) is 30.5 Å². The molecule has 1 aromatic carbocycles. The molecule has 3 N–H and O–H groups in total. The Balaban J connectivity index is 1.81. The summed E-state index contributed by atoms with van der Waals surface area (Å²) >= 11 is 7.70. The Morgan fingerprint density at radius 1 is 1.35 bits per heavy atom. The topological polar surface area (TPSA) is 50.9 Å². The van der Waals surface area contributed by atoms with Gasteiger partial charge in [0.25, 0.3) is 0 Å². The van der Waals surface area contributed by atoms with E-state index >= 15 is 0 Å². The van der Waals surface area contributed by atoms with Crippen molar-refractivity contribution >= 4 is 28.1 Å². The van der Waals surface area contributed by atoms with Crippen LogP contribution in [0.2, 0.25) is 5.02 Å². The highest BCUT2D eigenvalue weighted by Crippen LogP contribution is 2.39. The maximum Gasteiger partial charge on any atom is 0.180 e. The van der Waals surface area contributed by atoms with Crippen LogP contribution in [-0.4, -0.2) is 4.98 Å². The summed E-state index contributed by atoms with van der Waals surface area (Å²) in [5.41, 5.74) is 7.03. The van der Waals surface area contributed by atoms with Crippen molar-refractivity contribution in [3.63, 3.8) is 0 Å². The summed E-state index contributed by atoms with van der Waals surface area (Å²) in [6.07, 6.45) is 6.67. The van der Waals surface area contributed by atoms with Gasteiger partial charge < -0.3 is 11.1 Å². The van der Waals surface area contributed by atoms with Gasteiger partial charge in [0.2, 0.25) is 0 Å². The van der Waals surface area contributed by atoms with E-state index in [4.69, 9.17) is 17.3 Å². The molecule has 1 heterocycles. The van der Waals surface area contributed by atoms with Gasteiger partial charge in [-0.1, -0.05) is 36.6 Å². The van der Waals surface area contributed by atoms with Crippen LogP contribution in [0.15, 0.2) is 30.5 Å². The highest BCUT2D eigenvalue weighted by Gasteiger charge is 2.35. The molecule has 106 valence electrons. The number of hydrogen-bond donors (Lipinski definition) is 2. The number of nitrogen functional groups attached to an aromatic ring is 1. The number of nitrogens with zero attached hydrogens (tertiary/aromatic N) is 1. The molecule has 1 aliphatic rings. The largest absolute Gasteiger partial charge is 0.375 e. The van der Waals surface area contributed by atoms with Crippen LogP contribution >= 0.6 is 22.9 Å². The molecule has 0 unspecified atom stereocenters. The van der Waals surface area contributed by atoms with Gasteiger partial charge >= 0.3 is 0 Å². The number of anilines is 1. The standard InChI is InChI=1S/C15H18ClN3S/c16-12-5-3-4-11(8-12)15(6-1-2-7-15)19-10-13-9-18-14(17)20-13/h3-5,8-9,19H,1-2,6-7,10H2,(H2,17,18). The lowest BCUT2D eigenvalue weighted by Crippen LogP contribution is -2.39. The van der Waals surface area contributed by atoms with Crippen LogP contribution in [0.1, 0.15) is 36.1 Å². The van der Waals surface area contributed by atoms with Crippen molar-refractivity contribution in [1.82, 2.24) is 10.3 Å². The van der Waals surface area contributed by atoms with Crippen LogP contribution in [0.4, 0.5) is 5.13 Å². The summed E-state index contributed by atoms with van der Waals surface area (Å²) in [6, 6.07) is 8.22. The molecule has 3 rings (SSSR count). The van der Waals surface area contributed by atoms with Crippen LogP contribution in [0, 0.1) is 0 Å². The van der Waals surface area contributed by atoms with Crippen molar-refractivity contribution in [2.24, 2.45) is 0 Å². The summed E-state index contributed by atoms with van der Waals surface area (Å²) < 4.78 is 0. The van der Waals surface area contributed by atoms with Crippen molar-refractivity contribution in [3.05, 3.63) is 45.9 Å². The Hall–Kier alpha value is -1.10. The van der Waals surface area contributed by atoms with E-state index in [-0.39, 0.29) is 5.54 Å². The van der Waals surface area contributed by atoms with Gasteiger partial charge in [0.05, 0.1) is 0 Å². The zero-order chi connectivity index (χ0) is 14.0. The average Bonchev–Trinajstić information content (AvgIpc) is 3.06. The van der Waals surface area contributed by atoms with E-state index in [0.29, 0.717) is 5.13 Å². The Morgan fingerprint density at radius 3 is 2.80 bits per heavy atom. The number of thiazole rings is 1. The molecule has 1 saturated carbocycles. The van der Waals surface area contributed by atoms with E-state index in [1.807, 2.05) is 18.3 Å². The lowest BCUT2D eigenvalue weighted by atomic mass is 9.88. The molecule has 0 radical (unpaired) electrons. The molecule has 1 aromatic heterocycles. The number of rotatable bonds is 4. The van der Waals surface area contributed by atoms with E-state index < -0.39 is 0 Å². The third-order valence-corrected chi connectivity index (χ3v) is 5.07. The molecular weight excluding hydrogens is 290 g/mol. The maximum atomic E-state index is 6.15. The molecule has 2 aromatic rings. The molecule has 0 bridgehead atoms. The smallest absolute Gasteiger partial charge is 0.180 e. The second-order valence-corrected chi connectivity index (χ2v) is 6.90. The number of halogens is 1. The second-order valence-electron chi connectivity index (χ2n) is 5.32. The van der Waals surface area contributed by atoms with Crippen molar-refractivity contribution in [3.8, 4) is 0 Å². The van der Waals surface area contributed by atoms with Gasteiger partial charge in [-0.3, -0.25) is 0 Å². The molecule has 0 saturated heterocycles. The molecule has 0 spiro atoms. The van der Waals surface area contributed by atoms with Crippen molar-refractivity contribution in [1.29, 1.82) is 0 Å². The minimum atomic E-state index is 0.0453. The molecule has 0 amide bonds. The molecule has 0 aliphatic heterocycles. The molecule has 1 fully saturated rings. The van der Waals surface area contributed by atoms with Gasteiger partial charge in [-0.25, -0.2) is 4.98 Å². The molecule has 0 atom stereocenters. The summed E-state index contributed by atoms with van der Waals surface area (Å²) in [5.74, 6) is 0. The molecule has 5 heteroatoms. The summed E-state index contributed by atoms with van der Waals surface area (Å²) in [6.45, 7) is 0.807. The lowest BCUT2D eigenvalue weighted by Gasteiger charge is -2.31. The first-order valence-corrected chi connectivity index (χ1v) is 8.09. The first-order valence-electron chi connectivity index (χ1n) is 6.89. The van der Waals surface area contributed by atoms with Crippen molar-refractivity contribution in [2.75, 3.05) is 5.73 Å². The van der Waals surface area contributed by atoms with E-state index in [0.717, 1.165) is 24.4 Å². The van der Waals surface area contributed by atoms with Crippen molar-refractivity contribution < 1.29 is 0 Å². The van der Waals surface area contributed by atoms with E-state index in [2.05, 4.69) is 22.4 Å². The first-order chi connectivity index (χ1) is 9.68. The highest BCUT2D eigenvalue weighted by atomic mass is 35.5.